The highest BCUT2D eigenvalue weighted by Crippen LogP contribution is 2.33. The molecule has 0 radical (unpaired) electrons. The van der Waals surface area contributed by atoms with Crippen LogP contribution in [0, 0.1) is 0 Å². The number of aromatic hydroxyl groups is 1. The van der Waals surface area contributed by atoms with E-state index < -0.39 is 0 Å². The van der Waals surface area contributed by atoms with Crippen LogP contribution >= 0.6 is 0 Å². The number of nitrogens with two attached hydrogens (primary N) is 1. The maximum Gasteiger partial charge on any atom is 0.262 e. The van der Waals surface area contributed by atoms with E-state index in [1.54, 1.807) is 23.1 Å². The third kappa shape index (κ3) is 2.50. The van der Waals surface area contributed by atoms with E-state index in [1.165, 1.54) is 6.07 Å². The van der Waals surface area contributed by atoms with Gasteiger partial charge in [-0.05, 0) is 36.6 Å². The molecule has 21 heavy (non-hydrogen) atoms. The Kier molecular flexibility index (Phi) is 3.62. The maximum absolute atomic E-state index is 12.8. The highest BCUT2D eigenvalue weighted by molar-refractivity contribution is 6.08. The first-order valence-electron chi connectivity index (χ1n) is 7.13. The second kappa shape index (κ2) is 5.58. The van der Waals surface area contributed by atoms with E-state index in [-0.39, 0.29) is 17.7 Å². The third-order valence-corrected chi connectivity index (χ3v) is 3.90. The van der Waals surface area contributed by atoms with Crippen LogP contribution in [0.2, 0.25) is 0 Å². The standard InChI is InChI=1S/C17H18N2O2/c18-14-8-5-11-19(15-9-3-1-6-12(14)15)17(21)13-7-2-4-10-16(13)20/h1-4,6-7,9-10,14,20H,5,8,11,18H2. The number of hydrogen-bond donors (Lipinski definition) is 2. The smallest absolute Gasteiger partial charge is 0.262 e. The summed E-state index contributed by atoms with van der Waals surface area (Å²) in [6.45, 7) is 0.609. The minimum Gasteiger partial charge on any atom is -0.507 e. The minimum atomic E-state index is -0.186. The number of carbonyl (C=O) groups excluding carboxylic acids is 1. The van der Waals surface area contributed by atoms with Gasteiger partial charge in [0.15, 0.2) is 0 Å². The summed E-state index contributed by atoms with van der Waals surface area (Å²) in [4.78, 5) is 14.5. The number of hydrogen-bond acceptors (Lipinski definition) is 3. The fourth-order valence-electron chi connectivity index (χ4n) is 2.80. The first kappa shape index (κ1) is 13.6. The third-order valence-electron chi connectivity index (χ3n) is 3.90. The molecule has 1 aliphatic heterocycles. The number of amides is 1. The Balaban J connectivity index is 2.04. The van der Waals surface area contributed by atoms with Gasteiger partial charge < -0.3 is 15.7 Å². The van der Waals surface area contributed by atoms with Crippen molar-refractivity contribution >= 4 is 11.6 Å². The molecule has 4 nitrogen and oxygen atoms in total. The molecule has 4 heteroatoms. The van der Waals surface area contributed by atoms with Gasteiger partial charge in [-0.1, -0.05) is 30.3 Å². The van der Waals surface area contributed by atoms with Crippen LogP contribution in [-0.4, -0.2) is 17.6 Å². The summed E-state index contributed by atoms with van der Waals surface area (Å²) in [7, 11) is 0. The summed E-state index contributed by atoms with van der Waals surface area (Å²) in [6.07, 6.45) is 1.69. The van der Waals surface area contributed by atoms with Gasteiger partial charge in [0.25, 0.3) is 5.91 Å². The summed E-state index contributed by atoms with van der Waals surface area (Å²) in [6, 6.07) is 14.3. The summed E-state index contributed by atoms with van der Waals surface area (Å²) >= 11 is 0. The topological polar surface area (TPSA) is 66.6 Å². The second-order valence-corrected chi connectivity index (χ2v) is 5.28. The van der Waals surface area contributed by atoms with Gasteiger partial charge in [0.1, 0.15) is 5.75 Å². The Morgan fingerprint density at radius 1 is 1.14 bits per heavy atom. The maximum atomic E-state index is 12.8. The second-order valence-electron chi connectivity index (χ2n) is 5.28. The number of anilines is 1. The molecule has 1 unspecified atom stereocenters. The molecule has 0 aliphatic carbocycles. The predicted octanol–water partition coefficient (Wildman–Crippen LogP) is 2.83. The number of benzene rings is 2. The molecule has 0 saturated carbocycles. The van der Waals surface area contributed by atoms with Crippen LogP contribution < -0.4 is 10.6 Å². The molecule has 0 saturated heterocycles. The van der Waals surface area contributed by atoms with Crippen molar-refractivity contribution in [1.82, 2.24) is 0 Å². The Bertz CT molecular complexity index is 669. The normalized spacial score (nSPS) is 18.0. The summed E-state index contributed by atoms with van der Waals surface area (Å²) in [5.41, 5.74) is 8.34. The molecular formula is C17H18N2O2. The summed E-state index contributed by atoms with van der Waals surface area (Å²) < 4.78 is 0. The molecule has 0 aromatic heterocycles. The van der Waals surface area contributed by atoms with Crippen molar-refractivity contribution in [3.63, 3.8) is 0 Å². The van der Waals surface area contributed by atoms with Crippen molar-refractivity contribution in [2.24, 2.45) is 5.73 Å². The van der Waals surface area contributed by atoms with Gasteiger partial charge in [0.05, 0.1) is 5.56 Å². The molecule has 3 N–H and O–H groups in total. The Hall–Kier alpha value is -2.33. The molecule has 1 atom stereocenters. The molecule has 1 heterocycles. The zero-order chi connectivity index (χ0) is 14.8. The number of rotatable bonds is 1. The van der Waals surface area contributed by atoms with Crippen LogP contribution in [0.4, 0.5) is 5.69 Å². The summed E-state index contributed by atoms with van der Waals surface area (Å²) in [5.74, 6) is -0.178. The Labute approximate surface area is 123 Å². The first-order valence-corrected chi connectivity index (χ1v) is 7.13. The van der Waals surface area contributed by atoms with Gasteiger partial charge in [-0.25, -0.2) is 0 Å². The van der Waals surface area contributed by atoms with Gasteiger partial charge in [-0.15, -0.1) is 0 Å². The van der Waals surface area contributed by atoms with Crippen LogP contribution in [0.15, 0.2) is 48.5 Å². The van der Waals surface area contributed by atoms with Crippen molar-refractivity contribution in [2.45, 2.75) is 18.9 Å². The van der Waals surface area contributed by atoms with E-state index in [0.717, 1.165) is 24.1 Å². The number of phenols is 1. The average Bonchev–Trinajstić information content (AvgIpc) is 2.67. The number of para-hydroxylation sites is 2. The van der Waals surface area contributed by atoms with Gasteiger partial charge >= 0.3 is 0 Å². The monoisotopic (exact) mass is 282 g/mol. The fraction of sp³-hybridized carbons (Fsp3) is 0.235. The number of phenolic OH excluding ortho intramolecular Hbond substituents is 1. The van der Waals surface area contributed by atoms with Crippen molar-refractivity contribution in [3.05, 3.63) is 59.7 Å². The zero-order valence-corrected chi connectivity index (χ0v) is 11.7. The van der Waals surface area contributed by atoms with E-state index in [1.807, 2.05) is 24.3 Å². The first-order chi connectivity index (χ1) is 10.2. The molecule has 0 bridgehead atoms. The van der Waals surface area contributed by atoms with Crippen molar-refractivity contribution < 1.29 is 9.90 Å². The summed E-state index contributed by atoms with van der Waals surface area (Å²) in [5, 5.41) is 9.91. The largest absolute Gasteiger partial charge is 0.507 e. The average molecular weight is 282 g/mol. The van der Waals surface area contributed by atoms with E-state index in [2.05, 4.69) is 0 Å². The quantitative estimate of drug-likeness (QED) is 0.845. The molecular weight excluding hydrogens is 264 g/mol. The van der Waals surface area contributed by atoms with Gasteiger partial charge in [-0.2, -0.15) is 0 Å². The van der Waals surface area contributed by atoms with Gasteiger partial charge in [0.2, 0.25) is 0 Å². The highest BCUT2D eigenvalue weighted by Gasteiger charge is 2.26. The van der Waals surface area contributed by atoms with Crippen LogP contribution in [0.5, 0.6) is 5.75 Å². The molecule has 0 fully saturated rings. The highest BCUT2D eigenvalue weighted by atomic mass is 16.3. The molecule has 2 aromatic carbocycles. The molecule has 108 valence electrons. The van der Waals surface area contributed by atoms with E-state index in [4.69, 9.17) is 5.73 Å². The van der Waals surface area contributed by atoms with Crippen molar-refractivity contribution in [2.75, 3.05) is 11.4 Å². The number of fused-ring (bicyclic) bond motifs is 1. The number of nitrogens with zero attached hydrogens (tertiary/aromatic N) is 1. The van der Waals surface area contributed by atoms with E-state index >= 15 is 0 Å². The molecule has 0 spiro atoms. The van der Waals surface area contributed by atoms with E-state index in [9.17, 15) is 9.90 Å². The Morgan fingerprint density at radius 3 is 2.67 bits per heavy atom. The minimum absolute atomic E-state index is 0.00789. The lowest BCUT2D eigenvalue weighted by atomic mass is 10.0. The van der Waals surface area contributed by atoms with Crippen molar-refractivity contribution in [3.8, 4) is 5.75 Å². The zero-order valence-electron chi connectivity index (χ0n) is 11.7. The van der Waals surface area contributed by atoms with Gasteiger partial charge in [0, 0.05) is 18.3 Å². The molecule has 1 aliphatic rings. The molecule has 2 aromatic rings. The number of carbonyl (C=O) groups is 1. The lowest BCUT2D eigenvalue weighted by molar-refractivity contribution is 0.0984. The van der Waals surface area contributed by atoms with Crippen LogP contribution in [-0.2, 0) is 0 Å². The molecule has 1 amide bonds. The van der Waals surface area contributed by atoms with Crippen LogP contribution in [0.25, 0.3) is 0 Å². The predicted molar refractivity (Wildman–Crippen MR) is 82.4 cm³/mol. The van der Waals surface area contributed by atoms with Crippen LogP contribution in [0.1, 0.15) is 34.8 Å². The van der Waals surface area contributed by atoms with Crippen molar-refractivity contribution in [1.29, 1.82) is 0 Å². The van der Waals surface area contributed by atoms with Crippen LogP contribution in [0.3, 0.4) is 0 Å². The fourth-order valence-corrected chi connectivity index (χ4v) is 2.80. The molecule has 3 rings (SSSR count). The SMILES string of the molecule is NC1CCCN(C(=O)c2ccccc2O)c2ccccc21. The van der Waals surface area contributed by atoms with Gasteiger partial charge in [-0.3, -0.25) is 4.79 Å². The lowest BCUT2D eigenvalue weighted by Gasteiger charge is -2.23. The lowest BCUT2D eigenvalue weighted by Crippen LogP contribution is -2.31. The van der Waals surface area contributed by atoms with E-state index in [0.29, 0.717) is 12.1 Å². The Morgan fingerprint density at radius 2 is 1.86 bits per heavy atom.